The Kier molecular flexibility index (Phi) is 6.39. The predicted octanol–water partition coefficient (Wildman–Crippen LogP) is 4.06. The SMILES string of the molecule is CCC(=NCCc1c[nH]c2ccccc12)c1c(O)n(C2CCCCCC2)c(=O)[nH]c1=O. The zero-order valence-corrected chi connectivity index (χ0v) is 18.0. The summed E-state index contributed by atoms with van der Waals surface area (Å²) in [6.45, 7) is 2.40. The second-order valence-electron chi connectivity index (χ2n) is 8.26. The number of rotatable bonds is 6. The molecule has 1 aliphatic rings. The highest BCUT2D eigenvalue weighted by Gasteiger charge is 2.24. The first-order valence-corrected chi connectivity index (χ1v) is 11.3. The molecule has 1 fully saturated rings. The average Bonchev–Trinajstić information content (AvgIpc) is 2.98. The standard InChI is InChI=1S/C24H30N4O3/c1-2-19(25-14-13-16-15-26-20-12-8-7-11-18(16)20)21-22(29)27-24(31)28(23(21)30)17-9-5-3-4-6-10-17/h7-8,11-12,15,17,26,30H,2-6,9-10,13-14H2,1H3,(H,27,29,31). The predicted molar refractivity (Wildman–Crippen MR) is 123 cm³/mol. The number of nitrogens with one attached hydrogen (secondary N) is 2. The van der Waals surface area contributed by atoms with Crippen molar-refractivity contribution in [2.24, 2.45) is 4.99 Å². The number of para-hydroxylation sites is 1. The summed E-state index contributed by atoms with van der Waals surface area (Å²) in [6, 6.07) is 8.02. The molecule has 1 aliphatic carbocycles. The molecule has 1 aromatic carbocycles. The number of hydrogen-bond donors (Lipinski definition) is 3. The van der Waals surface area contributed by atoms with E-state index in [1.54, 1.807) is 0 Å². The highest BCUT2D eigenvalue weighted by Crippen LogP contribution is 2.29. The van der Waals surface area contributed by atoms with Gasteiger partial charge in [0.15, 0.2) is 0 Å². The molecule has 0 bridgehead atoms. The Morgan fingerprint density at radius 1 is 1.16 bits per heavy atom. The molecule has 0 aliphatic heterocycles. The minimum atomic E-state index is -0.569. The Hall–Kier alpha value is -3.09. The smallest absolute Gasteiger partial charge is 0.331 e. The van der Waals surface area contributed by atoms with E-state index >= 15 is 0 Å². The first-order valence-electron chi connectivity index (χ1n) is 11.3. The molecule has 0 unspecified atom stereocenters. The lowest BCUT2D eigenvalue weighted by atomic mass is 10.1. The van der Waals surface area contributed by atoms with Crippen molar-refractivity contribution < 1.29 is 5.11 Å². The van der Waals surface area contributed by atoms with Gasteiger partial charge in [0.2, 0.25) is 5.88 Å². The van der Waals surface area contributed by atoms with E-state index < -0.39 is 11.2 Å². The van der Waals surface area contributed by atoms with Crippen LogP contribution >= 0.6 is 0 Å². The van der Waals surface area contributed by atoms with Gasteiger partial charge in [-0.15, -0.1) is 0 Å². The summed E-state index contributed by atoms with van der Waals surface area (Å²) < 4.78 is 1.38. The third kappa shape index (κ3) is 4.36. The lowest BCUT2D eigenvalue weighted by Crippen LogP contribution is -2.36. The Bertz CT molecular complexity index is 1190. The number of fused-ring (bicyclic) bond motifs is 1. The van der Waals surface area contributed by atoms with Gasteiger partial charge in [0.25, 0.3) is 5.56 Å². The number of aliphatic imine (C=N–C) groups is 1. The summed E-state index contributed by atoms with van der Waals surface area (Å²) >= 11 is 0. The number of benzene rings is 1. The molecule has 0 radical (unpaired) electrons. The fourth-order valence-electron chi connectivity index (χ4n) is 4.67. The maximum absolute atomic E-state index is 12.6. The lowest BCUT2D eigenvalue weighted by Gasteiger charge is -2.20. The van der Waals surface area contributed by atoms with Gasteiger partial charge in [-0.05, 0) is 37.3 Å². The molecule has 31 heavy (non-hydrogen) atoms. The van der Waals surface area contributed by atoms with Crippen LogP contribution in [0.4, 0.5) is 0 Å². The summed E-state index contributed by atoms with van der Waals surface area (Å²) in [6.07, 6.45) is 9.17. The topological polar surface area (TPSA) is 103 Å². The molecule has 1 saturated carbocycles. The quantitative estimate of drug-likeness (QED) is 0.412. The molecule has 7 heteroatoms. The van der Waals surface area contributed by atoms with Crippen molar-refractivity contribution in [3.63, 3.8) is 0 Å². The summed E-state index contributed by atoms with van der Waals surface area (Å²) in [7, 11) is 0. The van der Waals surface area contributed by atoms with E-state index in [0.717, 1.165) is 49.6 Å². The zero-order chi connectivity index (χ0) is 21.8. The monoisotopic (exact) mass is 422 g/mol. The summed E-state index contributed by atoms with van der Waals surface area (Å²) in [5.74, 6) is -0.242. The van der Waals surface area contributed by atoms with Crippen LogP contribution in [-0.2, 0) is 6.42 Å². The van der Waals surface area contributed by atoms with Gasteiger partial charge in [-0.2, -0.15) is 0 Å². The van der Waals surface area contributed by atoms with E-state index in [0.29, 0.717) is 25.1 Å². The molecule has 3 N–H and O–H groups in total. The maximum atomic E-state index is 12.6. The molecule has 7 nitrogen and oxygen atoms in total. The van der Waals surface area contributed by atoms with Crippen molar-refractivity contribution in [2.75, 3.05) is 6.54 Å². The molecule has 0 amide bonds. The van der Waals surface area contributed by atoms with Gasteiger partial charge in [-0.1, -0.05) is 50.8 Å². The summed E-state index contributed by atoms with van der Waals surface area (Å²) in [4.78, 5) is 35.5. The highest BCUT2D eigenvalue weighted by molar-refractivity contribution is 6.01. The van der Waals surface area contributed by atoms with Crippen LogP contribution in [0.5, 0.6) is 5.88 Å². The van der Waals surface area contributed by atoms with Crippen LogP contribution in [0.2, 0.25) is 0 Å². The number of aromatic hydroxyl groups is 1. The molecule has 164 valence electrons. The van der Waals surface area contributed by atoms with Crippen LogP contribution < -0.4 is 11.2 Å². The molecule has 2 aromatic heterocycles. The third-order valence-corrected chi connectivity index (χ3v) is 6.29. The number of hydrogen-bond acceptors (Lipinski definition) is 4. The minimum Gasteiger partial charge on any atom is -0.494 e. The Morgan fingerprint density at radius 3 is 2.65 bits per heavy atom. The zero-order valence-electron chi connectivity index (χ0n) is 18.0. The van der Waals surface area contributed by atoms with E-state index in [-0.39, 0.29) is 17.5 Å². The number of aromatic amines is 2. The molecular weight excluding hydrogens is 392 g/mol. The van der Waals surface area contributed by atoms with Crippen molar-refractivity contribution in [3.05, 3.63) is 62.4 Å². The fourth-order valence-corrected chi connectivity index (χ4v) is 4.67. The van der Waals surface area contributed by atoms with Crippen molar-refractivity contribution in [1.29, 1.82) is 0 Å². The summed E-state index contributed by atoms with van der Waals surface area (Å²) in [5.41, 5.74) is 1.80. The highest BCUT2D eigenvalue weighted by atomic mass is 16.3. The van der Waals surface area contributed by atoms with Crippen molar-refractivity contribution >= 4 is 16.6 Å². The second-order valence-corrected chi connectivity index (χ2v) is 8.26. The van der Waals surface area contributed by atoms with Gasteiger partial charge in [-0.25, -0.2) is 4.79 Å². The molecule has 2 heterocycles. The first-order chi connectivity index (χ1) is 15.1. The Balaban J connectivity index is 1.63. The van der Waals surface area contributed by atoms with E-state index in [1.807, 2.05) is 31.3 Å². The van der Waals surface area contributed by atoms with Crippen molar-refractivity contribution in [2.45, 2.75) is 64.3 Å². The van der Waals surface area contributed by atoms with E-state index in [1.165, 1.54) is 9.95 Å². The lowest BCUT2D eigenvalue weighted by molar-refractivity contribution is 0.339. The van der Waals surface area contributed by atoms with Gasteiger partial charge >= 0.3 is 5.69 Å². The molecule has 0 saturated heterocycles. The van der Waals surface area contributed by atoms with Crippen LogP contribution in [-0.4, -0.2) is 31.9 Å². The second kappa shape index (κ2) is 9.37. The first kappa shape index (κ1) is 21.2. The van der Waals surface area contributed by atoms with Crippen molar-refractivity contribution in [3.8, 4) is 5.88 Å². The summed E-state index contributed by atoms with van der Waals surface area (Å²) in [5, 5.41) is 12.1. The average molecular weight is 423 g/mol. The normalized spacial score (nSPS) is 16.0. The fraction of sp³-hybridized carbons (Fsp3) is 0.458. The molecule has 0 spiro atoms. The van der Waals surface area contributed by atoms with Gasteiger partial charge in [0, 0.05) is 29.7 Å². The largest absolute Gasteiger partial charge is 0.494 e. The van der Waals surface area contributed by atoms with Crippen LogP contribution in [0.15, 0.2) is 45.0 Å². The number of H-pyrrole nitrogens is 2. The van der Waals surface area contributed by atoms with E-state index in [9.17, 15) is 14.7 Å². The van der Waals surface area contributed by atoms with Crippen LogP contribution in [0.25, 0.3) is 10.9 Å². The Labute approximate surface area is 180 Å². The minimum absolute atomic E-state index is 0.0880. The van der Waals surface area contributed by atoms with Gasteiger partial charge < -0.3 is 10.1 Å². The van der Waals surface area contributed by atoms with E-state index in [2.05, 4.69) is 21.0 Å². The molecular formula is C24H30N4O3. The molecule has 0 atom stereocenters. The third-order valence-electron chi connectivity index (χ3n) is 6.29. The maximum Gasteiger partial charge on any atom is 0.331 e. The van der Waals surface area contributed by atoms with Crippen LogP contribution in [0.1, 0.15) is 69.0 Å². The van der Waals surface area contributed by atoms with E-state index in [4.69, 9.17) is 0 Å². The number of nitrogens with zero attached hydrogens (tertiary/aromatic N) is 2. The van der Waals surface area contributed by atoms with Gasteiger partial charge in [-0.3, -0.25) is 19.3 Å². The van der Waals surface area contributed by atoms with Gasteiger partial charge in [0.1, 0.15) is 5.56 Å². The molecule has 4 rings (SSSR count). The van der Waals surface area contributed by atoms with Crippen molar-refractivity contribution in [1.82, 2.24) is 14.5 Å². The molecule has 3 aromatic rings. The van der Waals surface area contributed by atoms with Crippen LogP contribution in [0, 0.1) is 0 Å². The number of aromatic nitrogens is 3. The Morgan fingerprint density at radius 2 is 1.90 bits per heavy atom. The van der Waals surface area contributed by atoms with Crippen LogP contribution in [0.3, 0.4) is 0 Å². The van der Waals surface area contributed by atoms with Gasteiger partial charge in [0.05, 0.1) is 5.71 Å².